The summed E-state index contributed by atoms with van der Waals surface area (Å²) in [5, 5.41) is 2.83. The number of benzene rings is 1. The molecule has 1 atom stereocenters. The van der Waals surface area contributed by atoms with E-state index in [0.29, 0.717) is 6.54 Å². The first-order valence-electron chi connectivity index (χ1n) is 9.13. The maximum Gasteiger partial charge on any atom is 0.261 e. The number of carbonyl (C=O) groups excluding carboxylic acids is 1. The molecule has 0 saturated carbocycles. The number of amides is 1. The Morgan fingerprint density at radius 3 is 2.74 bits per heavy atom. The van der Waals surface area contributed by atoms with Gasteiger partial charge in [0.05, 0.1) is 0 Å². The average molecular weight is 375 g/mol. The lowest BCUT2D eigenvalue weighted by Gasteiger charge is -2.29. The lowest BCUT2D eigenvalue weighted by molar-refractivity contribution is -0.127. The highest BCUT2D eigenvalue weighted by atomic mass is 19.2. The van der Waals surface area contributed by atoms with Crippen LogP contribution in [0.4, 0.5) is 14.6 Å². The van der Waals surface area contributed by atoms with Gasteiger partial charge in [0.1, 0.15) is 11.6 Å². The Balaban J connectivity index is 1.59. The topological polar surface area (TPSA) is 54.5 Å². The molecule has 7 heteroatoms. The van der Waals surface area contributed by atoms with E-state index in [9.17, 15) is 13.6 Å². The number of ether oxygens (including phenoxy) is 1. The first-order valence-corrected chi connectivity index (χ1v) is 9.13. The number of pyridine rings is 1. The number of rotatable bonds is 6. The third-order valence-electron chi connectivity index (χ3n) is 4.55. The Hall–Kier alpha value is -2.70. The summed E-state index contributed by atoms with van der Waals surface area (Å²) in [6, 6.07) is 6.97. The van der Waals surface area contributed by atoms with E-state index in [2.05, 4.69) is 15.2 Å². The Morgan fingerprint density at radius 1 is 1.22 bits per heavy atom. The molecule has 1 fully saturated rings. The minimum absolute atomic E-state index is 0.104. The van der Waals surface area contributed by atoms with E-state index in [-0.39, 0.29) is 11.7 Å². The number of carbonyl (C=O) groups is 1. The van der Waals surface area contributed by atoms with Crippen LogP contribution in [0.25, 0.3) is 0 Å². The van der Waals surface area contributed by atoms with Crippen molar-refractivity contribution in [3.63, 3.8) is 0 Å². The fourth-order valence-corrected chi connectivity index (χ4v) is 3.09. The molecule has 1 aromatic heterocycles. The number of piperidine rings is 1. The third-order valence-corrected chi connectivity index (χ3v) is 4.55. The molecule has 2 aromatic rings. The molecule has 1 amide bonds. The minimum atomic E-state index is -1.01. The van der Waals surface area contributed by atoms with Crippen LogP contribution in [0.2, 0.25) is 0 Å². The molecule has 5 nitrogen and oxygen atoms in total. The Labute approximate surface area is 157 Å². The van der Waals surface area contributed by atoms with Gasteiger partial charge < -0.3 is 15.0 Å². The fraction of sp³-hybridized carbons (Fsp3) is 0.400. The van der Waals surface area contributed by atoms with Gasteiger partial charge in [-0.3, -0.25) is 4.79 Å². The number of hydrogen-bond acceptors (Lipinski definition) is 4. The maximum atomic E-state index is 13.3. The quantitative estimate of drug-likeness (QED) is 0.840. The van der Waals surface area contributed by atoms with Crippen LogP contribution in [-0.4, -0.2) is 30.1 Å². The molecular weight excluding hydrogens is 352 g/mol. The van der Waals surface area contributed by atoms with E-state index >= 15 is 0 Å². The molecule has 3 rings (SSSR count). The molecule has 1 aromatic carbocycles. The standard InChI is InChI=1S/C20H23F2N3O2/c1-14(27-16-7-8-17(21)18(22)12-16)20(26)24-13-15-6-5-9-23-19(15)25-10-3-2-4-11-25/h5-9,12,14H,2-4,10-11,13H2,1H3,(H,24,26). The zero-order valence-electron chi connectivity index (χ0n) is 15.3. The van der Waals surface area contributed by atoms with Gasteiger partial charge in [0, 0.05) is 37.5 Å². The van der Waals surface area contributed by atoms with E-state index in [0.717, 1.165) is 49.4 Å². The van der Waals surface area contributed by atoms with Gasteiger partial charge in [0.15, 0.2) is 17.7 Å². The van der Waals surface area contributed by atoms with Gasteiger partial charge in [-0.25, -0.2) is 13.8 Å². The van der Waals surface area contributed by atoms with Crippen molar-refractivity contribution < 1.29 is 18.3 Å². The van der Waals surface area contributed by atoms with E-state index in [1.165, 1.54) is 12.5 Å². The number of hydrogen-bond donors (Lipinski definition) is 1. The zero-order chi connectivity index (χ0) is 19.2. The summed E-state index contributed by atoms with van der Waals surface area (Å²) >= 11 is 0. The van der Waals surface area contributed by atoms with Crippen LogP contribution < -0.4 is 15.0 Å². The zero-order valence-corrected chi connectivity index (χ0v) is 15.3. The second kappa shape index (κ2) is 8.79. The number of nitrogens with one attached hydrogen (secondary N) is 1. The molecular formula is C20H23F2N3O2. The van der Waals surface area contributed by atoms with E-state index in [1.54, 1.807) is 13.1 Å². The molecule has 2 heterocycles. The van der Waals surface area contributed by atoms with Crippen molar-refractivity contribution in [2.24, 2.45) is 0 Å². The third kappa shape index (κ3) is 4.93. The van der Waals surface area contributed by atoms with Gasteiger partial charge >= 0.3 is 0 Å². The largest absolute Gasteiger partial charge is 0.481 e. The number of nitrogens with zero attached hydrogens (tertiary/aromatic N) is 2. The molecule has 0 radical (unpaired) electrons. The van der Waals surface area contributed by atoms with Crippen LogP contribution in [0.5, 0.6) is 5.75 Å². The Bertz CT molecular complexity index is 795. The molecule has 144 valence electrons. The first-order chi connectivity index (χ1) is 13.0. The predicted octanol–water partition coefficient (Wildman–Crippen LogP) is 3.43. The second-order valence-electron chi connectivity index (χ2n) is 6.59. The lowest BCUT2D eigenvalue weighted by Crippen LogP contribution is -2.37. The number of halogens is 2. The van der Waals surface area contributed by atoms with Gasteiger partial charge in [-0.2, -0.15) is 0 Å². The number of anilines is 1. The van der Waals surface area contributed by atoms with Crippen LogP contribution in [0.1, 0.15) is 31.7 Å². The van der Waals surface area contributed by atoms with Crippen molar-refractivity contribution >= 4 is 11.7 Å². The Morgan fingerprint density at radius 2 is 2.00 bits per heavy atom. The maximum absolute atomic E-state index is 13.3. The van der Waals surface area contributed by atoms with Gasteiger partial charge in [-0.05, 0) is 44.4 Å². The van der Waals surface area contributed by atoms with Gasteiger partial charge in [-0.15, -0.1) is 0 Å². The summed E-state index contributed by atoms with van der Waals surface area (Å²) in [5.74, 6) is -1.31. The number of aromatic nitrogens is 1. The molecule has 1 aliphatic heterocycles. The summed E-state index contributed by atoms with van der Waals surface area (Å²) in [6.07, 6.45) is 4.42. The van der Waals surface area contributed by atoms with Crippen LogP contribution in [0.3, 0.4) is 0 Å². The van der Waals surface area contributed by atoms with Crippen molar-refractivity contribution in [2.75, 3.05) is 18.0 Å². The molecule has 1 N–H and O–H groups in total. The average Bonchev–Trinajstić information content (AvgIpc) is 2.69. The summed E-state index contributed by atoms with van der Waals surface area (Å²) < 4.78 is 31.6. The minimum Gasteiger partial charge on any atom is -0.481 e. The van der Waals surface area contributed by atoms with Crippen molar-refractivity contribution in [2.45, 2.75) is 38.8 Å². The summed E-state index contributed by atoms with van der Waals surface area (Å²) in [5.41, 5.74) is 0.938. The molecule has 0 aliphatic carbocycles. The van der Waals surface area contributed by atoms with Crippen LogP contribution in [-0.2, 0) is 11.3 Å². The SMILES string of the molecule is CC(Oc1ccc(F)c(F)c1)C(=O)NCc1cccnc1N1CCCCC1. The molecule has 1 unspecified atom stereocenters. The normalized spacial score (nSPS) is 15.3. The van der Waals surface area contributed by atoms with Gasteiger partial charge in [0.25, 0.3) is 5.91 Å². The van der Waals surface area contributed by atoms with Crippen molar-refractivity contribution in [3.05, 3.63) is 53.7 Å². The van der Waals surface area contributed by atoms with E-state index in [1.807, 2.05) is 12.1 Å². The smallest absolute Gasteiger partial charge is 0.261 e. The van der Waals surface area contributed by atoms with Gasteiger partial charge in [0.2, 0.25) is 0 Å². The molecule has 1 saturated heterocycles. The highest BCUT2D eigenvalue weighted by Gasteiger charge is 2.18. The van der Waals surface area contributed by atoms with Crippen molar-refractivity contribution in [1.29, 1.82) is 0 Å². The molecule has 27 heavy (non-hydrogen) atoms. The molecule has 0 bridgehead atoms. The highest BCUT2D eigenvalue weighted by Crippen LogP contribution is 2.21. The molecule has 1 aliphatic rings. The Kier molecular flexibility index (Phi) is 6.21. The fourth-order valence-electron chi connectivity index (χ4n) is 3.09. The van der Waals surface area contributed by atoms with Crippen LogP contribution in [0, 0.1) is 11.6 Å². The first kappa shape index (κ1) is 19.1. The molecule has 0 spiro atoms. The van der Waals surface area contributed by atoms with Crippen LogP contribution >= 0.6 is 0 Å². The van der Waals surface area contributed by atoms with Crippen LogP contribution in [0.15, 0.2) is 36.5 Å². The van der Waals surface area contributed by atoms with E-state index in [4.69, 9.17) is 4.74 Å². The predicted molar refractivity (Wildman–Crippen MR) is 98.6 cm³/mol. The van der Waals surface area contributed by atoms with E-state index < -0.39 is 17.7 Å². The summed E-state index contributed by atoms with van der Waals surface area (Å²) in [7, 11) is 0. The lowest BCUT2D eigenvalue weighted by atomic mass is 10.1. The summed E-state index contributed by atoms with van der Waals surface area (Å²) in [6.45, 7) is 3.82. The van der Waals surface area contributed by atoms with Crippen molar-refractivity contribution in [1.82, 2.24) is 10.3 Å². The summed E-state index contributed by atoms with van der Waals surface area (Å²) in [4.78, 5) is 19.0. The monoisotopic (exact) mass is 375 g/mol. The van der Waals surface area contributed by atoms with Crippen molar-refractivity contribution in [3.8, 4) is 5.75 Å². The highest BCUT2D eigenvalue weighted by molar-refractivity contribution is 5.80. The second-order valence-corrected chi connectivity index (χ2v) is 6.59. The van der Waals surface area contributed by atoms with Gasteiger partial charge in [-0.1, -0.05) is 6.07 Å².